The van der Waals surface area contributed by atoms with Crippen molar-refractivity contribution in [2.24, 2.45) is 5.92 Å². The molecule has 1 heterocycles. The number of carbonyl (C=O) groups is 1. The molecule has 1 aliphatic heterocycles. The fourth-order valence-electron chi connectivity index (χ4n) is 2.64. The van der Waals surface area contributed by atoms with Crippen molar-refractivity contribution in [3.05, 3.63) is 29.8 Å². The lowest BCUT2D eigenvalue weighted by molar-refractivity contribution is -0.135. The first-order chi connectivity index (χ1) is 9.60. The highest BCUT2D eigenvalue weighted by atomic mass is 16.5. The fraction of sp³-hybridized carbons (Fsp3) is 0.562. The van der Waals surface area contributed by atoms with Crippen LogP contribution in [0.2, 0.25) is 0 Å². The molecule has 1 aromatic carbocycles. The Labute approximate surface area is 121 Å². The average molecular weight is 276 g/mol. The van der Waals surface area contributed by atoms with E-state index in [2.05, 4.69) is 12.2 Å². The van der Waals surface area contributed by atoms with Crippen LogP contribution in [-0.2, 0) is 11.3 Å². The monoisotopic (exact) mass is 276 g/mol. The first-order valence-corrected chi connectivity index (χ1v) is 7.21. The van der Waals surface area contributed by atoms with Crippen LogP contribution in [0.15, 0.2) is 24.3 Å². The number of nitrogens with zero attached hydrogens (tertiary/aromatic N) is 1. The van der Waals surface area contributed by atoms with Gasteiger partial charge in [0.05, 0.1) is 13.0 Å². The van der Waals surface area contributed by atoms with Crippen molar-refractivity contribution < 1.29 is 9.53 Å². The Hall–Kier alpha value is -1.55. The van der Waals surface area contributed by atoms with Gasteiger partial charge in [-0.05, 0) is 37.5 Å². The van der Waals surface area contributed by atoms with E-state index in [1.165, 1.54) is 0 Å². The Kier molecular flexibility index (Phi) is 5.01. The van der Waals surface area contributed by atoms with Gasteiger partial charge in [0.1, 0.15) is 5.75 Å². The minimum absolute atomic E-state index is 0.113. The summed E-state index contributed by atoms with van der Waals surface area (Å²) >= 11 is 0. The van der Waals surface area contributed by atoms with E-state index >= 15 is 0 Å². The number of ether oxygens (including phenoxy) is 1. The van der Waals surface area contributed by atoms with Gasteiger partial charge in [0, 0.05) is 26.2 Å². The van der Waals surface area contributed by atoms with E-state index in [-0.39, 0.29) is 11.8 Å². The summed E-state index contributed by atoms with van der Waals surface area (Å²) in [6, 6.07) is 8.40. The molecule has 0 spiro atoms. The summed E-state index contributed by atoms with van der Waals surface area (Å²) in [5.41, 5.74) is 1.09. The van der Waals surface area contributed by atoms with Crippen molar-refractivity contribution in [3.63, 3.8) is 0 Å². The molecule has 20 heavy (non-hydrogen) atoms. The lowest BCUT2D eigenvalue weighted by atomic mass is 9.94. The van der Waals surface area contributed by atoms with Crippen LogP contribution in [0.4, 0.5) is 0 Å². The summed E-state index contributed by atoms with van der Waals surface area (Å²) in [6.07, 6.45) is 2.05. The third-order valence-electron chi connectivity index (χ3n) is 3.94. The molecule has 1 fully saturated rings. The SMILES string of the molecule is COc1cccc(CN(C)C(=O)C2CCC(C)NC2)c1. The zero-order valence-electron chi connectivity index (χ0n) is 12.6. The number of rotatable bonds is 4. The first-order valence-electron chi connectivity index (χ1n) is 7.21. The number of hydrogen-bond acceptors (Lipinski definition) is 3. The minimum Gasteiger partial charge on any atom is -0.497 e. The third kappa shape index (κ3) is 3.73. The van der Waals surface area contributed by atoms with Crippen molar-refractivity contribution in [2.45, 2.75) is 32.4 Å². The molecule has 0 aromatic heterocycles. The number of hydrogen-bond donors (Lipinski definition) is 1. The molecule has 2 rings (SSSR count). The first kappa shape index (κ1) is 14.9. The van der Waals surface area contributed by atoms with E-state index in [1.807, 2.05) is 36.2 Å². The number of methoxy groups -OCH3 is 1. The largest absolute Gasteiger partial charge is 0.497 e. The predicted molar refractivity (Wildman–Crippen MR) is 79.7 cm³/mol. The van der Waals surface area contributed by atoms with E-state index in [9.17, 15) is 4.79 Å². The summed E-state index contributed by atoms with van der Waals surface area (Å²) < 4.78 is 5.21. The zero-order chi connectivity index (χ0) is 14.5. The molecule has 0 aliphatic carbocycles. The fourth-order valence-corrected chi connectivity index (χ4v) is 2.64. The molecule has 0 bridgehead atoms. The molecule has 0 saturated carbocycles. The van der Waals surface area contributed by atoms with E-state index < -0.39 is 0 Å². The Bertz CT molecular complexity index is 454. The quantitative estimate of drug-likeness (QED) is 0.915. The maximum absolute atomic E-state index is 12.4. The van der Waals surface area contributed by atoms with Gasteiger partial charge in [-0.15, -0.1) is 0 Å². The van der Waals surface area contributed by atoms with Crippen molar-refractivity contribution in [3.8, 4) is 5.75 Å². The maximum atomic E-state index is 12.4. The molecule has 1 N–H and O–H groups in total. The van der Waals surface area contributed by atoms with Gasteiger partial charge in [-0.3, -0.25) is 4.79 Å². The Morgan fingerprint density at radius 2 is 2.25 bits per heavy atom. The summed E-state index contributed by atoms with van der Waals surface area (Å²) in [5, 5.41) is 3.38. The van der Waals surface area contributed by atoms with Crippen LogP contribution in [0.3, 0.4) is 0 Å². The lowest BCUT2D eigenvalue weighted by Crippen LogP contribution is -2.44. The van der Waals surface area contributed by atoms with Gasteiger partial charge in [0.15, 0.2) is 0 Å². The Morgan fingerprint density at radius 1 is 1.45 bits per heavy atom. The molecule has 1 amide bonds. The number of piperidine rings is 1. The normalized spacial score (nSPS) is 22.4. The molecule has 1 aromatic rings. The van der Waals surface area contributed by atoms with Crippen LogP contribution in [0.1, 0.15) is 25.3 Å². The molecule has 2 unspecified atom stereocenters. The second kappa shape index (κ2) is 6.75. The van der Waals surface area contributed by atoms with Gasteiger partial charge >= 0.3 is 0 Å². The summed E-state index contributed by atoms with van der Waals surface area (Å²) in [6.45, 7) is 3.59. The topological polar surface area (TPSA) is 41.6 Å². The maximum Gasteiger partial charge on any atom is 0.227 e. The highest BCUT2D eigenvalue weighted by molar-refractivity contribution is 5.79. The number of carbonyl (C=O) groups excluding carboxylic acids is 1. The average Bonchev–Trinajstić information content (AvgIpc) is 2.47. The van der Waals surface area contributed by atoms with Crippen LogP contribution < -0.4 is 10.1 Å². The van der Waals surface area contributed by atoms with E-state index in [0.29, 0.717) is 12.6 Å². The predicted octanol–water partition coefficient (Wildman–Crippen LogP) is 2.04. The molecule has 2 atom stereocenters. The number of nitrogens with one attached hydrogen (secondary N) is 1. The summed E-state index contributed by atoms with van der Waals surface area (Å²) in [5.74, 6) is 1.17. The highest BCUT2D eigenvalue weighted by Crippen LogP contribution is 2.18. The second-order valence-corrected chi connectivity index (χ2v) is 5.63. The van der Waals surface area contributed by atoms with E-state index in [1.54, 1.807) is 7.11 Å². The molecule has 110 valence electrons. The molecule has 4 nitrogen and oxygen atoms in total. The van der Waals surface area contributed by atoms with Crippen molar-refractivity contribution in [1.29, 1.82) is 0 Å². The number of amides is 1. The molecular weight excluding hydrogens is 252 g/mol. The molecule has 0 radical (unpaired) electrons. The van der Waals surface area contributed by atoms with Crippen LogP contribution >= 0.6 is 0 Å². The Morgan fingerprint density at radius 3 is 2.90 bits per heavy atom. The summed E-state index contributed by atoms with van der Waals surface area (Å²) in [4.78, 5) is 14.2. The van der Waals surface area contributed by atoms with Crippen LogP contribution in [-0.4, -0.2) is 37.6 Å². The third-order valence-corrected chi connectivity index (χ3v) is 3.94. The molecule has 4 heteroatoms. The van der Waals surface area contributed by atoms with Gasteiger partial charge in [-0.1, -0.05) is 12.1 Å². The second-order valence-electron chi connectivity index (χ2n) is 5.63. The van der Waals surface area contributed by atoms with Crippen molar-refractivity contribution in [2.75, 3.05) is 20.7 Å². The van der Waals surface area contributed by atoms with Crippen LogP contribution in [0, 0.1) is 5.92 Å². The molecular formula is C16H24N2O2. The van der Waals surface area contributed by atoms with E-state index in [4.69, 9.17) is 4.74 Å². The van der Waals surface area contributed by atoms with Crippen LogP contribution in [0.5, 0.6) is 5.75 Å². The van der Waals surface area contributed by atoms with Gasteiger partial charge in [-0.25, -0.2) is 0 Å². The van der Waals surface area contributed by atoms with Gasteiger partial charge < -0.3 is 15.0 Å². The highest BCUT2D eigenvalue weighted by Gasteiger charge is 2.26. The molecule has 1 aliphatic rings. The van der Waals surface area contributed by atoms with E-state index in [0.717, 1.165) is 30.7 Å². The summed E-state index contributed by atoms with van der Waals surface area (Å²) in [7, 11) is 3.53. The van der Waals surface area contributed by atoms with Gasteiger partial charge in [0.25, 0.3) is 0 Å². The Balaban J connectivity index is 1.93. The van der Waals surface area contributed by atoms with Crippen molar-refractivity contribution >= 4 is 5.91 Å². The van der Waals surface area contributed by atoms with Gasteiger partial charge in [0.2, 0.25) is 5.91 Å². The standard InChI is InChI=1S/C16H24N2O2/c1-12-7-8-14(10-17-12)16(19)18(2)11-13-5-4-6-15(9-13)20-3/h4-6,9,12,14,17H,7-8,10-11H2,1-3H3. The minimum atomic E-state index is 0.113. The molecule has 1 saturated heterocycles. The number of benzene rings is 1. The lowest BCUT2D eigenvalue weighted by Gasteiger charge is -2.30. The zero-order valence-corrected chi connectivity index (χ0v) is 12.6. The van der Waals surface area contributed by atoms with Gasteiger partial charge in [-0.2, -0.15) is 0 Å². The van der Waals surface area contributed by atoms with Crippen molar-refractivity contribution in [1.82, 2.24) is 10.2 Å². The smallest absolute Gasteiger partial charge is 0.227 e. The van der Waals surface area contributed by atoms with Crippen LogP contribution in [0.25, 0.3) is 0 Å².